The molecule has 0 unspecified atom stereocenters. The van der Waals surface area contributed by atoms with Crippen molar-refractivity contribution in [1.29, 1.82) is 0 Å². The molecule has 0 aromatic rings. The van der Waals surface area contributed by atoms with E-state index in [4.69, 9.17) is 4.74 Å². The maximum atomic E-state index is 12.4. The highest BCUT2D eigenvalue weighted by Crippen LogP contribution is 2.09. The Bertz CT molecular complexity index is 222. The van der Waals surface area contributed by atoms with Gasteiger partial charge in [-0.15, -0.1) is 0 Å². The molecule has 1 rings (SSSR count). The van der Waals surface area contributed by atoms with E-state index in [2.05, 4.69) is 5.32 Å². The predicted octanol–water partition coefficient (Wildman–Crippen LogP) is 1.16. The van der Waals surface area contributed by atoms with Crippen LogP contribution in [0.1, 0.15) is 20.8 Å². The van der Waals surface area contributed by atoms with E-state index in [1.54, 1.807) is 0 Å². The summed E-state index contributed by atoms with van der Waals surface area (Å²) < 4.78 is 17.5. The zero-order valence-corrected chi connectivity index (χ0v) is 9.55. The minimum absolute atomic E-state index is 0.417. The van der Waals surface area contributed by atoms with Crippen LogP contribution < -0.4 is 5.32 Å². The van der Waals surface area contributed by atoms with E-state index in [9.17, 15) is 9.18 Å². The Morgan fingerprint density at radius 1 is 1.53 bits per heavy atom. The third-order valence-corrected chi connectivity index (χ3v) is 2.01. The minimum atomic E-state index is -0.688. The summed E-state index contributed by atoms with van der Waals surface area (Å²) in [5.41, 5.74) is -0.467. The van der Waals surface area contributed by atoms with Gasteiger partial charge in [-0.2, -0.15) is 0 Å². The number of likely N-dealkylation sites (tertiary alicyclic amines) is 1. The third kappa shape index (κ3) is 4.97. The first-order valence-corrected chi connectivity index (χ1v) is 5.20. The van der Waals surface area contributed by atoms with Gasteiger partial charge in [0.05, 0.1) is 0 Å². The summed E-state index contributed by atoms with van der Waals surface area (Å²) in [7, 11) is 0. The van der Waals surface area contributed by atoms with Crippen molar-refractivity contribution in [3.8, 4) is 0 Å². The average Bonchev–Trinajstić information content (AvgIpc) is 1.97. The Morgan fingerprint density at radius 3 is 2.60 bits per heavy atom. The highest BCUT2D eigenvalue weighted by Gasteiger charge is 2.25. The van der Waals surface area contributed by atoms with Crippen molar-refractivity contribution in [2.45, 2.75) is 32.5 Å². The lowest BCUT2D eigenvalue weighted by atomic mass is 10.2. The molecule has 15 heavy (non-hydrogen) atoms. The lowest BCUT2D eigenvalue weighted by Crippen LogP contribution is -2.51. The van der Waals surface area contributed by atoms with Crippen LogP contribution in [0.2, 0.25) is 0 Å². The molecule has 88 valence electrons. The monoisotopic (exact) mass is 218 g/mol. The molecule has 1 aliphatic heterocycles. The fourth-order valence-corrected chi connectivity index (χ4v) is 1.32. The SMILES string of the molecule is CC(C)(C)OC(=O)NCCN1CC(F)C1. The van der Waals surface area contributed by atoms with Gasteiger partial charge in [-0.25, -0.2) is 9.18 Å². The van der Waals surface area contributed by atoms with Gasteiger partial charge < -0.3 is 10.1 Å². The van der Waals surface area contributed by atoms with Crippen LogP contribution in [0.15, 0.2) is 0 Å². The number of alkyl halides is 1. The predicted molar refractivity (Wildman–Crippen MR) is 55.6 cm³/mol. The van der Waals surface area contributed by atoms with Gasteiger partial charge in [-0.1, -0.05) is 0 Å². The number of nitrogens with zero attached hydrogens (tertiary/aromatic N) is 1. The second-order valence-corrected chi connectivity index (χ2v) is 4.79. The third-order valence-electron chi connectivity index (χ3n) is 2.01. The maximum absolute atomic E-state index is 12.4. The summed E-state index contributed by atoms with van der Waals surface area (Å²) >= 11 is 0. The quantitative estimate of drug-likeness (QED) is 0.773. The van der Waals surface area contributed by atoms with Gasteiger partial charge in [0.1, 0.15) is 11.8 Å². The molecule has 1 saturated heterocycles. The molecule has 0 bridgehead atoms. The largest absolute Gasteiger partial charge is 0.444 e. The van der Waals surface area contributed by atoms with Crippen LogP contribution in [0, 0.1) is 0 Å². The second-order valence-electron chi connectivity index (χ2n) is 4.79. The topological polar surface area (TPSA) is 41.6 Å². The Labute approximate surface area is 89.8 Å². The van der Waals surface area contributed by atoms with Crippen molar-refractivity contribution in [3.05, 3.63) is 0 Å². The minimum Gasteiger partial charge on any atom is -0.444 e. The molecule has 5 heteroatoms. The van der Waals surface area contributed by atoms with Gasteiger partial charge in [0.2, 0.25) is 0 Å². The lowest BCUT2D eigenvalue weighted by molar-refractivity contribution is 0.0471. The molecule has 0 aliphatic carbocycles. The second kappa shape index (κ2) is 4.79. The van der Waals surface area contributed by atoms with Crippen molar-refractivity contribution >= 4 is 6.09 Å². The first-order valence-electron chi connectivity index (χ1n) is 5.20. The van der Waals surface area contributed by atoms with Gasteiger partial charge in [0, 0.05) is 26.2 Å². The van der Waals surface area contributed by atoms with E-state index >= 15 is 0 Å². The Balaban J connectivity index is 2.02. The highest BCUT2D eigenvalue weighted by atomic mass is 19.1. The number of hydrogen-bond acceptors (Lipinski definition) is 3. The van der Waals surface area contributed by atoms with Crippen molar-refractivity contribution in [1.82, 2.24) is 10.2 Å². The van der Waals surface area contributed by atoms with Crippen LogP contribution in [0.3, 0.4) is 0 Å². The maximum Gasteiger partial charge on any atom is 0.407 e. The van der Waals surface area contributed by atoms with Gasteiger partial charge in [0.25, 0.3) is 0 Å². The summed E-state index contributed by atoms with van der Waals surface area (Å²) in [5.74, 6) is 0. The van der Waals surface area contributed by atoms with Crippen molar-refractivity contribution in [3.63, 3.8) is 0 Å². The van der Waals surface area contributed by atoms with Gasteiger partial charge in [-0.05, 0) is 20.8 Å². The number of nitrogens with one attached hydrogen (secondary N) is 1. The van der Waals surface area contributed by atoms with Gasteiger partial charge >= 0.3 is 6.09 Å². The van der Waals surface area contributed by atoms with E-state index in [1.807, 2.05) is 25.7 Å². The summed E-state index contributed by atoms with van der Waals surface area (Å²) in [6.45, 7) is 7.59. The zero-order valence-electron chi connectivity index (χ0n) is 9.55. The van der Waals surface area contributed by atoms with Crippen LogP contribution in [0.4, 0.5) is 9.18 Å². The number of hydrogen-bond donors (Lipinski definition) is 1. The lowest BCUT2D eigenvalue weighted by Gasteiger charge is -2.34. The molecule has 4 nitrogen and oxygen atoms in total. The number of alkyl carbamates (subject to hydrolysis) is 1. The Morgan fingerprint density at radius 2 is 2.13 bits per heavy atom. The molecule has 0 aromatic carbocycles. The van der Waals surface area contributed by atoms with Crippen molar-refractivity contribution < 1.29 is 13.9 Å². The Hall–Kier alpha value is -0.840. The van der Waals surface area contributed by atoms with Crippen LogP contribution >= 0.6 is 0 Å². The molecular formula is C10H19FN2O2. The number of halogens is 1. The van der Waals surface area contributed by atoms with Crippen LogP contribution in [-0.4, -0.2) is 48.9 Å². The van der Waals surface area contributed by atoms with Crippen LogP contribution in [-0.2, 0) is 4.74 Å². The van der Waals surface area contributed by atoms with Crippen molar-refractivity contribution in [2.24, 2.45) is 0 Å². The molecule has 1 N–H and O–H groups in total. The summed E-state index contributed by atoms with van der Waals surface area (Å²) in [6, 6.07) is 0. The first kappa shape index (κ1) is 12.2. The molecule has 0 aromatic heterocycles. The molecule has 0 spiro atoms. The van der Waals surface area contributed by atoms with Crippen LogP contribution in [0.5, 0.6) is 0 Å². The fraction of sp³-hybridized carbons (Fsp3) is 0.900. The summed E-state index contributed by atoms with van der Waals surface area (Å²) in [4.78, 5) is 13.1. The molecule has 1 amide bonds. The van der Waals surface area contributed by atoms with Crippen molar-refractivity contribution in [2.75, 3.05) is 26.2 Å². The molecular weight excluding hydrogens is 199 g/mol. The first-order chi connectivity index (χ1) is 6.87. The number of carbonyl (C=O) groups is 1. The smallest absolute Gasteiger partial charge is 0.407 e. The molecule has 0 saturated carbocycles. The van der Waals surface area contributed by atoms with Crippen LogP contribution in [0.25, 0.3) is 0 Å². The standard InChI is InChI=1S/C10H19FN2O2/c1-10(2,3)15-9(14)12-4-5-13-6-8(11)7-13/h8H,4-7H2,1-3H3,(H,12,14). The van der Waals surface area contributed by atoms with E-state index in [0.29, 0.717) is 26.2 Å². The normalized spacial score (nSPS) is 18.4. The summed E-state index contributed by atoms with van der Waals surface area (Å²) in [6.07, 6.45) is -1.11. The molecule has 1 aliphatic rings. The highest BCUT2D eigenvalue weighted by molar-refractivity contribution is 5.67. The summed E-state index contributed by atoms with van der Waals surface area (Å²) in [5, 5.41) is 2.63. The number of carbonyl (C=O) groups excluding carboxylic acids is 1. The zero-order chi connectivity index (χ0) is 11.5. The average molecular weight is 218 g/mol. The van der Waals surface area contributed by atoms with E-state index in [1.165, 1.54) is 0 Å². The fourth-order valence-electron chi connectivity index (χ4n) is 1.32. The molecule has 1 fully saturated rings. The molecule has 0 atom stereocenters. The van der Waals surface area contributed by atoms with E-state index in [0.717, 1.165) is 0 Å². The van der Waals surface area contributed by atoms with Gasteiger partial charge in [0.15, 0.2) is 0 Å². The van der Waals surface area contributed by atoms with E-state index in [-0.39, 0.29) is 0 Å². The van der Waals surface area contributed by atoms with Gasteiger partial charge in [-0.3, -0.25) is 4.90 Å². The number of ether oxygens (including phenoxy) is 1. The Kier molecular flexibility index (Phi) is 3.90. The molecule has 0 radical (unpaired) electrons. The number of amides is 1. The molecule has 1 heterocycles. The van der Waals surface area contributed by atoms with E-state index < -0.39 is 17.9 Å². The number of rotatable bonds is 3.